The molecule has 7 heteroatoms. The summed E-state index contributed by atoms with van der Waals surface area (Å²) in [6, 6.07) is 3.87. The first-order valence-electron chi connectivity index (χ1n) is 9.06. The Bertz CT molecular complexity index is 800. The fourth-order valence-electron chi connectivity index (χ4n) is 3.23. The summed E-state index contributed by atoms with van der Waals surface area (Å²) in [7, 11) is 1.96. The fraction of sp³-hybridized carbons (Fsp3) is 0.526. The molecule has 0 N–H and O–H groups in total. The monoisotopic (exact) mass is 374 g/mol. The highest BCUT2D eigenvalue weighted by Crippen LogP contribution is 2.21. The van der Waals surface area contributed by atoms with Gasteiger partial charge in [-0.2, -0.15) is 16.4 Å². The molecule has 1 amide bonds. The molecule has 6 nitrogen and oxygen atoms in total. The first-order chi connectivity index (χ1) is 12.5. The maximum absolute atomic E-state index is 12.6. The maximum Gasteiger partial charge on any atom is 0.269 e. The number of likely N-dealkylation sites (tertiary alicyclic amines) is 1. The molecule has 140 valence electrons. The molecule has 0 saturated carbocycles. The lowest BCUT2D eigenvalue weighted by molar-refractivity contribution is -0.132. The topological polar surface area (TPSA) is 58.4 Å². The molecule has 1 atom stereocenters. The molecule has 0 aromatic carbocycles. The number of rotatable bonds is 5. The zero-order valence-corrected chi connectivity index (χ0v) is 16.4. The van der Waals surface area contributed by atoms with E-state index >= 15 is 0 Å². The van der Waals surface area contributed by atoms with Gasteiger partial charge >= 0.3 is 0 Å². The van der Waals surface area contributed by atoms with Crippen LogP contribution >= 0.6 is 11.3 Å². The van der Waals surface area contributed by atoms with Crippen LogP contribution in [0.25, 0.3) is 0 Å². The summed E-state index contributed by atoms with van der Waals surface area (Å²) in [5, 5.41) is 8.40. The lowest BCUT2D eigenvalue weighted by Crippen LogP contribution is -2.44. The first-order valence-corrected chi connectivity index (χ1v) is 10.0. The van der Waals surface area contributed by atoms with Crippen LogP contribution in [-0.2, 0) is 11.2 Å². The van der Waals surface area contributed by atoms with Crippen molar-refractivity contribution in [3.63, 3.8) is 0 Å². The Labute approximate surface area is 158 Å². The average Bonchev–Trinajstić information content (AvgIpc) is 3.14. The lowest BCUT2D eigenvalue weighted by Gasteiger charge is -2.33. The number of carbonyl (C=O) groups excluding carboxylic acids is 1. The third-order valence-corrected chi connectivity index (χ3v) is 5.76. The highest BCUT2D eigenvalue weighted by Gasteiger charge is 2.26. The van der Waals surface area contributed by atoms with E-state index in [9.17, 15) is 9.59 Å². The van der Waals surface area contributed by atoms with Gasteiger partial charge in [-0.15, -0.1) is 0 Å². The zero-order chi connectivity index (χ0) is 18.7. The number of piperidine rings is 1. The molecule has 3 heterocycles. The van der Waals surface area contributed by atoms with Crippen LogP contribution in [0, 0.1) is 0 Å². The summed E-state index contributed by atoms with van der Waals surface area (Å²) in [4.78, 5) is 29.0. The highest BCUT2D eigenvalue weighted by atomic mass is 32.1. The molecule has 1 aliphatic rings. The van der Waals surface area contributed by atoms with E-state index in [2.05, 4.69) is 18.9 Å². The van der Waals surface area contributed by atoms with Crippen LogP contribution in [0.1, 0.15) is 38.3 Å². The van der Waals surface area contributed by atoms with Crippen molar-refractivity contribution in [1.29, 1.82) is 0 Å². The molecule has 3 rings (SSSR count). The Balaban J connectivity index is 1.71. The molecular formula is C19H26N4O2S. The van der Waals surface area contributed by atoms with Crippen molar-refractivity contribution in [2.75, 3.05) is 25.0 Å². The summed E-state index contributed by atoms with van der Waals surface area (Å²) in [5.74, 6) is 0.123. The molecule has 0 unspecified atom stereocenters. The van der Waals surface area contributed by atoms with Crippen LogP contribution in [0.5, 0.6) is 0 Å². The van der Waals surface area contributed by atoms with Crippen molar-refractivity contribution < 1.29 is 4.79 Å². The van der Waals surface area contributed by atoms with Crippen molar-refractivity contribution in [3.8, 4) is 0 Å². The standard InChI is InChI=1S/C19H26N4O2S/c1-14(2)21(3)17-10-19(25)23(20-11-17)16-5-4-7-22(12-16)18(24)9-15-6-8-26-13-15/h6,8,10-11,13-14,16H,4-5,7,9,12H2,1-3H3/t16-/m1/s1. The second kappa shape index (κ2) is 8.03. The van der Waals surface area contributed by atoms with Crippen molar-refractivity contribution >= 4 is 22.9 Å². The van der Waals surface area contributed by atoms with Gasteiger partial charge in [0.05, 0.1) is 24.3 Å². The van der Waals surface area contributed by atoms with Crippen LogP contribution < -0.4 is 10.5 Å². The molecule has 0 radical (unpaired) electrons. The molecule has 0 bridgehead atoms. The third-order valence-electron chi connectivity index (χ3n) is 5.02. The van der Waals surface area contributed by atoms with Gasteiger partial charge in [-0.25, -0.2) is 4.68 Å². The molecular weight excluding hydrogens is 348 g/mol. The molecule has 1 saturated heterocycles. The normalized spacial score (nSPS) is 17.5. The van der Waals surface area contributed by atoms with E-state index in [1.807, 2.05) is 33.7 Å². The van der Waals surface area contributed by atoms with Crippen molar-refractivity contribution in [1.82, 2.24) is 14.7 Å². The molecule has 2 aromatic rings. The minimum absolute atomic E-state index is 0.0546. The summed E-state index contributed by atoms with van der Waals surface area (Å²) in [6.07, 6.45) is 3.93. The number of hydrogen-bond acceptors (Lipinski definition) is 5. The molecule has 26 heavy (non-hydrogen) atoms. The SMILES string of the molecule is CC(C)N(C)c1cnn([C@@H]2CCCN(C(=O)Cc3ccsc3)C2)c(=O)c1. The Morgan fingerprint density at radius 3 is 2.92 bits per heavy atom. The minimum atomic E-state index is -0.105. The number of carbonyl (C=O) groups is 1. The van der Waals surface area contributed by atoms with Gasteiger partial charge in [0.1, 0.15) is 0 Å². The number of nitrogens with zero attached hydrogens (tertiary/aromatic N) is 4. The predicted molar refractivity (Wildman–Crippen MR) is 105 cm³/mol. The van der Waals surface area contributed by atoms with Gasteiger partial charge in [0, 0.05) is 32.2 Å². The molecule has 1 fully saturated rings. The van der Waals surface area contributed by atoms with Crippen LogP contribution in [0.2, 0.25) is 0 Å². The summed E-state index contributed by atoms with van der Waals surface area (Å²) in [5.41, 5.74) is 1.77. The van der Waals surface area contributed by atoms with Gasteiger partial charge in [0.15, 0.2) is 0 Å². The van der Waals surface area contributed by atoms with Crippen molar-refractivity contribution in [2.24, 2.45) is 0 Å². The van der Waals surface area contributed by atoms with Crippen molar-refractivity contribution in [2.45, 2.75) is 45.2 Å². The van der Waals surface area contributed by atoms with Gasteiger partial charge in [-0.1, -0.05) is 0 Å². The Morgan fingerprint density at radius 2 is 2.27 bits per heavy atom. The number of aromatic nitrogens is 2. The van der Waals surface area contributed by atoms with Crippen molar-refractivity contribution in [3.05, 3.63) is 45.0 Å². The minimum Gasteiger partial charge on any atom is -0.371 e. The van der Waals surface area contributed by atoms with Gasteiger partial charge in [0.25, 0.3) is 5.56 Å². The van der Waals surface area contributed by atoms with E-state index in [0.717, 1.165) is 30.6 Å². The summed E-state index contributed by atoms with van der Waals surface area (Å²) < 4.78 is 1.54. The number of hydrogen-bond donors (Lipinski definition) is 0. The number of amides is 1. The average molecular weight is 375 g/mol. The largest absolute Gasteiger partial charge is 0.371 e. The Morgan fingerprint density at radius 1 is 1.46 bits per heavy atom. The van der Waals surface area contributed by atoms with E-state index in [1.54, 1.807) is 28.3 Å². The van der Waals surface area contributed by atoms with Crippen LogP contribution in [0.4, 0.5) is 5.69 Å². The van der Waals surface area contributed by atoms with E-state index < -0.39 is 0 Å². The van der Waals surface area contributed by atoms with E-state index in [0.29, 0.717) is 19.0 Å². The maximum atomic E-state index is 12.6. The fourth-order valence-corrected chi connectivity index (χ4v) is 3.90. The van der Waals surface area contributed by atoms with Crippen LogP contribution in [0.15, 0.2) is 33.9 Å². The molecule has 0 aliphatic carbocycles. The zero-order valence-electron chi connectivity index (χ0n) is 15.6. The van der Waals surface area contributed by atoms with E-state index in [-0.39, 0.29) is 17.5 Å². The van der Waals surface area contributed by atoms with Gasteiger partial charge in [0.2, 0.25) is 5.91 Å². The van der Waals surface area contributed by atoms with Crippen LogP contribution in [-0.4, -0.2) is 46.8 Å². The Hall–Kier alpha value is -2.15. The van der Waals surface area contributed by atoms with E-state index in [4.69, 9.17) is 0 Å². The second-order valence-electron chi connectivity index (χ2n) is 7.15. The van der Waals surface area contributed by atoms with Gasteiger partial charge in [-0.05, 0) is 49.1 Å². The molecule has 2 aromatic heterocycles. The van der Waals surface area contributed by atoms with E-state index in [1.165, 1.54) is 0 Å². The highest BCUT2D eigenvalue weighted by molar-refractivity contribution is 7.08. The lowest BCUT2D eigenvalue weighted by atomic mass is 10.0. The second-order valence-corrected chi connectivity index (χ2v) is 7.93. The van der Waals surface area contributed by atoms with Gasteiger partial charge in [-0.3, -0.25) is 9.59 Å². The van der Waals surface area contributed by atoms with Gasteiger partial charge < -0.3 is 9.80 Å². The van der Waals surface area contributed by atoms with Crippen LogP contribution in [0.3, 0.4) is 0 Å². The summed E-state index contributed by atoms with van der Waals surface area (Å²) in [6.45, 7) is 5.45. The quantitative estimate of drug-likeness (QED) is 0.807. The first kappa shape index (κ1) is 18.6. The number of anilines is 1. The predicted octanol–water partition coefficient (Wildman–Crippen LogP) is 2.56. The molecule has 0 spiro atoms. The molecule has 1 aliphatic heterocycles. The third kappa shape index (κ3) is 4.15. The number of thiophene rings is 1. The smallest absolute Gasteiger partial charge is 0.269 e. The Kier molecular flexibility index (Phi) is 5.76. The summed E-state index contributed by atoms with van der Waals surface area (Å²) >= 11 is 1.60.